The molecular weight excluding hydrogens is 214 g/mol. The summed E-state index contributed by atoms with van der Waals surface area (Å²) in [5.74, 6) is 0.680. The van der Waals surface area contributed by atoms with Gasteiger partial charge in [-0.2, -0.15) is 0 Å². The van der Waals surface area contributed by atoms with Crippen LogP contribution in [0.25, 0.3) is 0 Å². The first-order valence-corrected chi connectivity index (χ1v) is 5.58. The second kappa shape index (κ2) is 4.87. The van der Waals surface area contributed by atoms with Gasteiger partial charge in [0.25, 0.3) is 5.91 Å². The summed E-state index contributed by atoms with van der Waals surface area (Å²) in [6.07, 6.45) is 1.60. The van der Waals surface area contributed by atoms with Crippen molar-refractivity contribution in [3.63, 3.8) is 0 Å². The van der Waals surface area contributed by atoms with Crippen LogP contribution < -0.4 is 5.32 Å². The van der Waals surface area contributed by atoms with Crippen molar-refractivity contribution in [3.05, 3.63) is 59.5 Å². The number of benzene rings is 1. The summed E-state index contributed by atoms with van der Waals surface area (Å²) >= 11 is 0. The molecule has 3 nitrogen and oxygen atoms in total. The number of nitrogens with one attached hydrogen (secondary N) is 1. The van der Waals surface area contributed by atoms with Crippen LogP contribution in [0.2, 0.25) is 0 Å². The molecule has 0 saturated heterocycles. The molecule has 0 saturated carbocycles. The zero-order valence-electron chi connectivity index (χ0n) is 9.94. The molecular formula is C14H15NO2. The molecule has 0 spiro atoms. The Labute approximate surface area is 100 Å². The van der Waals surface area contributed by atoms with Crippen LogP contribution in [0.1, 0.15) is 34.6 Å². The Morgan fingerprint density at radius 1 is 1.24 bits per heavy atom. The zero-order chi connectivity index (χ0) is 12.3. The Bertz CT molecular complexity index is 503. The number of carbonyl (C=O) groups excluding carboxylic acids is 1. The van der Waals surface area contributed by atoms with Gasteiger partial charge in [0.1, 0.15) is 5.76 Å². The molecule has 1 unspecified atom stereocenters. The van der Waals surface area contributed by atoms with Crippen LogP contribution in [0.3, 0.4) is 0 Å². The molecule has 1 N–H and O–H groups in total. The van der Waals surface area contributed by atoms with Crippen molar-refractivity contribution in [1.29, 1.82) is 0 Å². The molecule has 0 aliphatic carbocycles. The highest BCUT2D eigenvalue weighted by atomic mass is 16.3. The maximum Gasteiger partial charge on any atom is 0.252 e. The topological polar surface area (TPSA) is 42.2 Å². The van der Waals surface area contributed by atoms with E-state index in [1.54, 1.807) is 6.26 Å². The smallest absolute Gasteiger partial charge is 0.252 e. The van der Waals surface area contributed by atoms with Gasteiger partial charge in [-0.3, -0.25) is 4.79 Å². The van der Waals surface area contributed by atoms with Gasteiger partial charge in [0.15, 0.2) is 0 Å². The zero-order valence-corrected chi connectivity index (χ0v) is 9.94. The van der Waals surface area contributed by atoms with Crippen molar-refractivity contribution >= 4 is 5.91 Å². The van der Waals surface area contributed by atoms with Crippen LogP contribution >= 0.6 is 0 Å². The van der Waals surface area contributed by atoms with E-state index >= 15 is 0 Å². The third kappa shape index (κ3) is 2.56. The minimum Gasteiger partial charge on any atom is -0.467 e. The SMILES string of the molecule is Cc1ccccc1C(=O)NC(C)c1ccco1. The highest BCUT2D eigenvalue weighted by Gasteiger charge is 2.14. The summed E-state index contributed by atoms with van der Waals surface area (Å²) in [6, 6.07) is 11.1. The Morgan fingerprint density at radius 3 is 2.65 bits per heavy atom. The van der Waals surface area contributed by atoms with Gasteiger partial charge in [-0.15, -0.1) is 0 Å². The normalized spacial score (nSPS) is 12.1. The van der Waals surface area contributed by atoms with Gasteiger partial charge >= 0.3 is 0 Å². The van der Waals surface area contributed by atoms with Crippen molar-refractivity contribution in [2.24, 2.45) is 0 Å². The van der Waals surface area contributed by atoms with E-state index in [9.17, 15) is 4.79 Å². The lowest BCUT2D eigenvalue weighted by molar-refractivity contribution is 0.0935. The van der Waals surface area contributed by atoms with E-state index < -0.39 is 0 Å². The second-order valence-electron chi connectivity index (χ2n) is 4.03. The van der Waals surface area contributed by atoms with Crippen molar-refractivity contribution in [1.82, 2.24) is 5.32 Å². The first-order valence-electron chi connectivity index (χ1n) is 5.58. The van der Waals surface area contributed by atoms with E-state index in [0.29, 0.717) is 5.56 Å². The summed E-state index contributed by atoms with van der Waals surface area (Å²) < 4.78 is 5.25. The number of furan rings is 1. The number of carbonyl (C=O) groups is 1. The maximum atomic E-state index is 12.0. The molecule has 1 heterocycles. The number of hydrogen-bond donors (Lipinski definition) is 1. The molecule has 2 aromatic rings. The van der Waals surface area contributed by atoms with E-state index in [1.807, 2.05) is 50.2 Å². The van der Waals surface area contributed by atoms with Gasteiger partial charge in [-0.05, 0) is 37.6 Å². The molecule has 2 rings (SSSR count). The third-order valence-electron chi connectivity index (χ3n) is 2.71. The monoisotopic (exact) mass is 229 g/mol. The molecule has 0 aliphatic heterocycles. The van der Waals surface area contributed by atoms with E-state index in [4.69, 9.17) is 4.42 Å². The van der Waals surface area contributed by atoms with E-state index in [2.05, 4.69) is 5.32 Å². The van der Waals surface area contributed by atoms with E-state index in [1.165, 1.54) is 0 Å². The van der Waals surface area contributed by atoms with Crippen LogP contribution in [0.15, 0.2) is 47.1 Å². The molecule has 0 radical (unpaired) electrons. The lowest BCUT2D eigenvalue weighted by atomic mass is 10.1. The molecule has 1 aromatic carbocycles. The van der Waals surface area contributed by atoms with E-state index in [-0.39, 0.29) is 11.9 Å². The number of amides is 1. The molecule has 1 amide bonds. The van der Waals surface area contributed by atoms with Crippen LogP contribution in [-0.2, 0) is 0 Å². The van der Waals surface area contributed by atoms with Crippen LogP contribution in [0, 0.1) is 6.92 Å². The average Bonchev–Trinajstić information content (AvgIpc) is 2.82. The molecule has 1 aromatic heterocycles. The molecule has 1 atom stereocenters. The summed E-state index contributed by atoms with van der Waals surface area (Å²) in [5, 5.41) is 2.91. The predicted octanol–water partition coefficient (Wildman–Crippen LogP) is 3.08. The highest BCUT2D eigenvalue weighted by molar-refractivity contribution is 5.95. The average molecular weight is 229 g/mol. The number of rotatable bonds is 3. The van der Waals surface area contributed by atoms with Gasteiger partial charge in [0.05, 0.1) is 12.3 Å². The van der Waals surface area contributed by atoms with E-state index in [0.717, 1.165) is 11.3 Å². The van der Waals surface area contributed by atoms with Gasteiger partial charge in [-0.1, -0.05) is 18.2 Å². The minimum absolute atomic E-state index is 0.0769. The molecule has 3 heteroatoms. The van der Waals surface area contributed by atoms with Crippen LogP contribution in [-0.4, -0.2) is 5.91 Å². The summed E-state index contributed by atoms with van der Waals surface area (Å²) in [7, 11) is 0. The molecule has 0 bridgehead atoms. The first kappa shape index (κ1) is 11.5. The highest BCUT2D eigenvalue weighted by Crippen LogP contribution is 2.14. The van der Waals surface area contributed by atoms with Gasteiger partial charge in [0.2, 0.25) is 0 Å². The van der Waals surface area contributed by atoms with Crippen molar-refractivity contribution in [2.45, 2.75) is 19.9 Å². The lowest BCUT2D eigenvalue weighted by Gasteiger charge is -2.12. The lowest BCUT2D eigenvalue weighted by Crippen LogP contribution is -2.26. The predicted molar refractivity (Wildman–Crippen MR) is 65.8 cm³/mol. The Hall–Kier alpha value is -2.03. The molecule has 17 heavy (non-hydrogen) atoms. The summed E-state index contributed by atoms with van der Waals surface area (Å²) in [6.45, 7) is 3.82. The van der Waals surface area contributed by atoms with Gasteiger partial charge in [-0.25, -0.2) is 0 Å². The Kier molecular flexibility index (Phi) is 3.28. The van der Waals surface area contributed by atoms with Crippen molar-refractivity contribution in [3.8, 4) is 0 Å². The summed E-state index contributed by atoms with van der Waals surface area (Å²) in [5.41, 5.74) is 1.67. The van der Waals surface area contributed by atoms with Crippen molar-refractivity contribution in [2.75, 3.05) is 0 Å². The number of hydrogen-bond acceptors (Lipinski definition) is 2. The second-order valence-corrected chi connectivity index (χ2v) is 4.03. The van der Waals surface area contributed by atoms with Crippen molar-refractivity contribution < 1.29 is 9.21 Å². The summed E-state index contributed by atoms with van der Waals surface area (Å²) in [4.78, 5) is 12.0. The van der Waals surface area contributed by atoms with Gasteiger partial charge < -0.3 is 9.73 Å². The quantitative estimate of drug-likeness (QED) is 0.878. The van der Waals surface area contributed by atoms with Crippen LogP contribution in [0.4, 0.5) is 0 Å². The fraction of sp³-hybridized carbons (Fsp3) is 0.214. The largest absolute Gasteiger partial charge is 0.467 e. The third-order valence-corrected chi connectivity index (χ3v) is 2.71. The Morgan fingerprint density at radius 2 is 2.00 bits per heavy atom. The maximum absolute atomic E-state index is 12.0. The molecule has 88 valence electrons. The van der Waals surface area contributed by atoms with Crippen LogP contribution in [0.5, 0.6) is 0 Å². The first-order chi connectivity index (χ1) is 8.18. The molecule has 0 aliphatic rings. The number of aryl methyl sites for hydroxylation is 1. The standard InChI is InChI=1S/C14H15NO2/c1-10-6-3-4-7-12(10)14(16)15-11(2)13-8-5-9-17-13/h3-9,11H,1-2H3,(H,15,16). The van der Waals surface area contributed by atoms with Gasteiger partial charge in [0, 0.05) is 5.56 Å². The fourth-order valence-corrected chi connectivity index (χ4v) is 1.71. The minimum atomic E-state index is -0.128. The molecule has 0 fully saturated rings. The fourth-order valence-electron chi connectivity index (χ4n) is 1.71. The Balaban J connectivity index is 2.10.